The predicted molar refractivity (Wildman–Crippen MR) is 170 cm³/mol. The summed E-state index contributed by atoms with van der Waals surface area (Å²) in [7, 11) is 0. The van der Waals surface area contributed by atoms with E-state index in [0.717, 1.165) is 66.8 Å². The number of fused-ring (bicyclic) bond motifs is 6. The third kappa shape index (κ3) is 3.33. The normalized spacial score (nSPS) is 11.7. The van der Waals surface area contributed by atoms with Crippen LogP contribution in [0.5, 0.6) is 0 Å². The van der Waals surface area contributed by atoms with Gasteiger partial charge >= 0.3 is 0 Å². The summed E-state index contributed by atoms with van der Waals surface area (Å²) in [5.41, 5.74) is 25.3. The standard InChI is InChI=1S/C36H26N4/c37-21-15-17-23(31(19-21)29-11-5-9-27-25-7-1-3-13-33(25)39-35(27)29)24-18-16-22(38)20-32(24)30-12-6-10-28-26-8-2-4-14-34(26)40-36(28)30/h1-20,39-40H,37-38H2. The van der Waals surface area contributed by atoms with Crippen LogP contribution in [-0.2, 0) is 0 Å². The van der Waals surface area contributed by atoms with E-state index in [1.807, 2.05) is 12.1 Å². The number of aromatic nitrogens is 2. The smallest absolute Gasteiger partial charge is 0.0544 e. The van der Waals surface area contributed by atoms with Crippen LogP contribution < -0.4 is 11.5 Å². The van der Waals surface area contributed by atoms with Crippen LogP contribution in [0.15, 0.2) is 121 Å². The molecule has 2 aromatic heterocycles. The van der Waals surface area contributed by atoms with Crippen molar-refractivity contribution >= 4 is 55.0 Å². The van der Waals surface area contributed by atoms with Crippen molar-refractivity contribution in [2.75, 3.05) is 11.5 Å². The van der Waals surface area contributed by atoms with Gasteiger partial charge in [-0.3, -0.25) is 0 Å². The molecular weight excluding hydrogens is 488 g/mol. The summed E-state index contributed by atoms with van der Waals surface area (Å²) >= 11 is 0. The molecule has 0 aliphatic heterocycles. The average molecular weight is 515 g/mol. The number of nitrogens with one attached hydrogen (secondary N) is 2. The Labute approximate surface area is 230 Å². The van der Waals surface area contributed by atoms with Crippen LogP contribution in [0.3, 0.4) is 0 Å². The maximum atomic E-state index is 6.42. The lowest BCUT2D eigenvalue weighted by Gasteiger charge is -2.17. The molecule has 0 unspecified atom stereocenters. The van der Waals surface area contributed by atoms with Crippen LogP contribution in [0, 0.1) is 0 Å². The van der Waals surface area contributed by atoms with Gasteiger partial charge in [-0.25, -0.2) is 0 Å². The van der Waals surface area contributed by atoms with E-state index in [4.69, 9.17) is 11.5 Å². The van der Waals surface area contributed by atoms with E-state index in [-0.39, 0.29) is 0 Å². The Hall–Kier alpha value is -5.48. The Morgan fingerprint density at radius 1 is 0.350 bits per heavy atom. The lowest BCUT2D eigenvalue weighted by atomic mass is 9.87. The quantitative estimate of drug-likeness (QED) is 0.177. The number of hydrogen-bond acceptors (Lipinski definition) is 2. The fourth-order valence-electron chi connectivity index (χ4n) is 6.23. The van der Waals surface area contributed by atoms with E-state index in [1.165, 1.54) is 21.5 Å². The summed E-state index contributed by atoms with van der Waals surface area (Å²) in [5, 5.41) is 4.82. The number of anilines is 2. The molecule has 0 bridgehead atoms. The Morgan fingerprint density at radius 3 is 1.25 bits per heavy atom. The molecule has 0 saturated heterocycles. The summed E-state index contributed by atoms with van der Waals surface area (Å²) in [6.07, 6.45) is 0. The van der Waals surface area contributed by atoms with Crippen molar-refractivity contribution in [3.63, 3.8) is 0 Å². The molecule has 4 heteroatoms. The molecule has 0 radical (unpaired) electrons. The van der Waals surface area contributed by atoms with E-state index >= 15 is 0 Å². The van der Waals surface area contributed by atoms with Crippen molar-refractivity contribution in [1.82, 2.24) is 9.97 Å². The van der Waals surface area contributed by atoms with Gasteiger partial charge in [0.2, 0.25) is 0 Å². The van der Waals surface area contributed by atoms with E-state index in [1.54, 1.807) is 0 Å². The maximum absolute atomic E-state index is 6.42. The number of benzene rings is 6. The molecule has 0 aliphatic rings. The highest BCUT2D eigenvalue weighted by atomic mass is 14.7. The summed E-state index contributed by atoms with van der Waals surface area (Å²) in [4.78, 5) is 7.34. The third-order valence-corrected chi connectivity index (χ3v) is 8.04. The summed E-state index contributed by atoms with van der Waals surface area (Å²) in [5.74, 6) is 0. The molecule has 0 amide bonds. The minimum atomic E-state index is 0.724. The van der Waals surface area contributed by atoms with Crippen molar-refractivity contribution < 1.29 is 0 Å². The Morgan fingerprint density at radius 2 is 0.775 bits per heavy atom. The molecule has 6 N–H and O–H groups in total. The summed E-state index contributed by atoms with van der Waals surface area (Å²) in [6.45, 7) is 0. The van der Waals surface area contributed by atoms with Crippen LogP contribution >= 0.6 is 0 Å². The van der Waals surface area contributed by atoms with Crippen LogP contribution in [0.2, 0.25) is 0 Å². The molecular formula is C36H26N4. The van der Waals surface area contributed by atoms with Crippen molar-refractivity contribution in [3.8, 4) is 33.4 Å². The lowest BCUT2D eigenvalue weighted by molar-refractivity contribution is 1.52. The van der Waals surface area contributed by atoms with Gasteiger partial charge in [0.15, 0.2) is 0 Å². The number of nitrogens with two attached hydrogens (primary N) is 2. The number of rotatable bonds is 3. The van der Waals surface area contributed by atoms with Crippen LogP contribution in [0.25, 0.3) is 77.0 Å². The van der Waals surface area contributed by atoms with Crippen molar-refractivity contribution in [3.05, 3.63) is 121 Å². The second-order valence-corrected chi connectivity index (χ2v) is 10.4. The first kappa shape index (κ1) is 22.5. The van der Waals surface area contributed by atoms with Crippen molar-refractivity contribution in [1.29, 1.82) is 0 Å². The Kier molecular flexibility index (Phi) is 4.79. The van der Waals surface area contributed by atoms with Gasteiger partial charge in [-0.15, -0.1) is 0 Å². The fraction of sp³-hybridized carbons (Fsp3) is 0. The van der Waals surface area contributed by atoms with Gasteiger partial charge in [0, 0.05) is 55.1 Å². The number of hydrogen-bond donors (Lipinski definition) is 4. The molecule has 0 aliphatic carbocycles. The van der Waals surface area contributed by atoms with Crippen molar-refractivity contribution in [2.24, 2.45) is 0 Å². The molecule has 0 atom stereocenters. The van der Waals surface area contributed by atoms with Crippen LogP contribution in [0.1, 0.15) is 0 Å². The second-order valence-electron chi connectivity index (χ2n) is 10.4. The van der Waals surface area contributed by atoms with E-state index in [2.05, 4.69) is 119 Å². The average Bonchev–Trinajstić information content (AvgIpc) is 3.56. The van der Waals surface area contributed by atoms with Gasteiger partial charge in [-0.1, -0.05) is 84.9 Å². The van der Waals surface area contributed by atoms with Crippen molar-refractivity contribution in [2.45, 2.75) is 0 Å². The van der Waals surface area contributed by atoms with Gasteiger partial charge in [0.1, 0.15) is 0 Å². The van der Waals surface area contributed by atoms with Crippen LogP contribution in [-0.4, -0.2) is 9.97 Å². The first-order valence-electron chi connectivity index (χ1n) is 13.4. The molecule has 8 rings (SSSR count). The molecule has 190 valence electrons. The fourth-order valence-corrected chi connectivity index (χ4v) is 6.23. The van der Waals surface area contributed by atoms with Gasteiger partial charge in [-0.2, -0.15) is 0 Å². The highest BCUT2D eigenvalue weighted by molar-refractivity contribution is 6.15. The molecule has 40 heavy (non-hydrogen) atoms. The minimum absolute atomic E-state index is 0.724. The number of H-pyrrole nitrogens is 2. The molecule has 8 aromatic rings. The molecule has 0 fully saturated rings. The second kappa shape index (κ2) is 8.52. The monoisotopic (exact) mass is 514 g/mol. The first-order valence-corrected chi connectivity index (χ1v) is 13.4. The van der Waals surface area contributed by atoms with Gasteiger partial charge in [0.05, 0.1) is 11.0 Å². The highest BCUT2D eigenvalue weighted by Gasteiger charge is 2.19. The number of nitrogen functional groups attached to an aromatic ring is 2. The summed E-state index contributed by atoms with van der Waals surface area (Å²) in [6, 6.07) is 42.2. The molecule has 0 spiro atoms. The van der Waals surface area contributed by atoms with E-state index in [0.29, 0.717) is 0 Å². The molecule has 2 heterocycles. The third-order valence-electron chi connectivity index (χ3n) is 8.04. The van der Waals surface area contributed by atoms with Gasteiger partial charge < -0.3 is 21.4 Å². The SMILES string of the molecule is Nc1ccc(-c2ccc(N)cc2-c2cccc3c2[nH]c2ccccc23)c(-c2cccc3c2[nH]c2ccccc23)c1. The number of aromatic amines is 2. The maximum Gasteiger partial charge on any atom is 0.0544 e. The summed E-state index contributed by atoms with van der Waals surface area (Å²) < 4.78 is 0. The predicted octanol–water partition coefficient (Wildman–Crippen LogP) is 9.12. The molecule has 6 aromatic carbocycles. The topological polar surface area (TPSA) is 83.6 Å². The van der Waals surface area contributed by atoms with Gasteiger partial charge in [0.25, 0.3) is 0 Å². The Balaban J connectivity index is 1.42. The largest absolute Gasteiger partial charge is 0.399 e. The highest BCUT2D eigenvalue weighted by Crippen LogP contribution is 2.44. The van der Waals surface area contributed by atoms with E-state index < -0.39 is 0 Å². The molecule has 0 saturated carbocycles. The zero-order chi connectivity index (χ0) is 26.8. The van der Waals surface area contributed by atoms with Gasteiger partial charge in [-0.05, 0) is 58.7 Å². The minimum Gasteiger partial charge on any atom is -0.399 e. The van der Waals surface area contributed by atoms with E-state index in [9.17, 15) is 0 Å². The zero-order valence-electron chi connectivity index (χ0n) is 21.7. The van der Waals surface area contributed by atoms with Crippen LogP contribution in [0.4, 0.5) is 11.4 Å². The molecule has 4 nitrogen and oxygen atoms in total. The first-order chi connectivity index (χ1) is 19.7. The number of para-hydroxylation sites is 4. The lowest BCUT2D eigenvalue weighted by Crippen LogP contribution is -1.95. The zero-order valence-corrected chi connectivity index (χ0v) is 21.7. The Bertz CT molecular complexity index is 2090.